The molecule has 1 aromatic rings. The van der Waals surface area contributed by atoms with Crippen LogP contribution in [0.5, 0.6) is 0 Å². The molecule has 0 unspecified atom stereocenters. The summed E-state index contributed by atoms with van der Waals surface area (Å²) in [6.07, 6.45) is 1.63. The van der Waals surface area contributed by atoms with E-state index in [-0.39, 0.29) is 24.1 Å². The fourth-order valence-corrected chi connectivity index (χ4v) is 2.23. The zero-order valence-corrected chi connectivity index (χ0v) is 13.6. The molecule has 8 heteroatoms. The minimum Gasteiger partial charge on any atom is -0.352 e. The number of carbonyl (C=O) groups excluding carboxylic acids is 1. The van der Waals surface area contributed by atoms with Gasteiger partial charge in [0.25, 0.3) is 5.91 Å². The summed E-state index contributed by atoms with van der Waals surface area (Å²) >= 11 is 0. The molecule has 120 valence electrons. The van der Waals surface area contributed by atoms with Gasteiger partial charge in [0.2, 0.25) is 10.0 Å². The molecule has 6 nitrogen and oxygen atoms in total. The molecule has 0 aromatic heterocycles. The molecule has 0 aliphatic heterocycles. The van der Waals surface area contributed by atoms with Crippen molar-refractivity contribution in [3.05, 3.63) is 29.8 Å². The topological polar surface area (TPSA) is 101 Å². The van der Waals surface area contributed by atoms with E-state index in [1.807, 2.05) is 0 Å². The Balaban J connectivity index is 0.00000400. The van der Waals surface area contributed by atoms with Crippen LogP contribution in [-0.2, 0) is 10.0 Å². The molecule has 1 aromatic carbocycles. The second kappa shape index (κ2) is 9.59. The second-order valence-electron chi connectivity index (χ2n) is 4.30. The molecule has 0 radical (unpaired) electrons. The van der Waals surface area contributed by atoms with Crippen molar-refractivity contribution in [1.82, 2.24) is 5.32 Å². The highest BCUT2D eigenvalue weighted by molar-refractivity contribution is 7.92. The Bertz CT molecular complexity index is 549. The number of sulfonamides is 1. The molecular formula is C13H22ClN3O3S. The smallest absolute Gasteiger partial charge is 0.253 e. The van der Waals surface area contributed by atoms with Crippen LogP contribution in [0.4, 0.5) is 5.69 Å². The fourth-order valence-electron chi connectivity index (χ4n) is 1.58. The number of nitrogens with one attached hydrogen (secondary N) is 2. The Morgan fingerprint density at radius 3 is 2.52 bits per heavy atom. The third kappa shape index (κ3) is 6.79. The number of para-hydroxylation sites is 1. The van der Waals surface area contributed by atoms with Gasteiger partial charge in [0.1, 0.15) is 0 Å². The van der Waals surface area contributed by atoms with E-state index in [1.54, 1.807) is 24.3 Å². The van der Waals surface area contributed by atoms with Crippen LogP contribution in [0.3, 0.4) is 0 Å². The summed E-state index contributed by atoms with van der Waals surface area (Å²) in [5.74, 6) is -0.337. The molecule has 1 rings (SSSR count). The van der Waals surface area contributed by atoms with Gasteiger partial charge in [-0.25, -0.2) is 8.42 Å². The maximum Gasteiger partial charge on any atom is 0.253 e. The maximum absolute atomic E-state index is 12.0. The number of hydrogen-bond acceptors (Lipinski definition) is 4. The van der Waals surface area contributed by atoms with E-state index in [0.29, 0.717) is 24.3 Å². The minimum atomic E-state index is -3.40. The predicted octanol–water partition coefficient (Wildman–Crippen LogP) is 1.34. The van der Waals surface area contributed by atoms with Crippen molar-refractivity contribution >= 4 is 34.0 Å². The summed E-state index contributed by atoms with van der Waals surface area (Å²) in [6.45, 7) is 2.64. The minimum absolute atomic E-state index is 0. The van der Waals surface area contributed by atoms with Gasteiger partial charge in [0.15, 0.2) is 0 Å². The van der Waals surface area contributed by atoms with Crippen LogP contribution >= 0.6 is 12.4 Å². The van der Waals surface area contributed by atoms with Crippen LogP contribution in [0.15, 0.2) is 24.3 Å². The number of carbonyl (C=O) groups is 1. The summed E-state index contributed by atoms with van der Waals surface area (Å²) < 4.78 is 25.6. The highest BCUT2D eigenvalue weighted by Gasteiger charge is 2.14. The lowest BCUT2D eigenvalue weighted by Gasteiger charge is -2.11. The van der Waals surface area contributed by atoms with Crippen molar-refractivity contribution in [1.29, 1.82) is 0 Å². The van der Waals surface area contributed by atoms with E-state index >= 15 is 0 Å². The number of halogens is 1. The van der Waals surface area contributed by atoms with E-state index in [9.17, 15) is 13.2 Å². The molecule has 21 heavy (non-hydrogen) atoms. The number of unbranched alkanes of at least 4 members (excludes halogenated alkanes) is 1. The third-order valence-corrected chi connectivity index (χ3v) is 4.02. The number of anilines is 1. The lowest BCUT2D eigenvalue weighted by Crippen LogP contribution is -2.26. The average molecular weight is 336 g/mol. The van der Waals surface area contributed by atoms with Gasteiger partial charge in [0.05, 0.1) is 17.0 Å². The summed E-state index contributed by atoms with van der Waals surface area (Å²) in [4.78, 5) is 12.0. The van der Waals surface area contributed by atoms with E-state index in [2.05, 4.69) is 10.0 Å². The molecule has 0 spiro atoms. The van der Waals surface area contributed by atoms with Gasteiger partial charge < -0.3 is 11.1 Å². The number of hydrogen-bond donors (Lipinski definition) is 3. The van der Waals surface area contributed by atoms with Crippen LogP contribution < -0.4 is 15.8 Å². The van der Waals surface area contributed by atoms with Gasteiger partial charge >= 0.3 is 0 Å². The first-order valence-corrected chi connectivity index (χ1v) is 8.23. The lowest BCUT2D eigenvalue weighted by atomic mass is 10.1. The van der Waals surface area contributed by atoms with Gasteiger partial charge in [-0.3, -0.25) is 9.52 Å². The molecule has 0 atom stereocenters. The zero-order chi connectivity index (χ0) is 15.0. The number of benzene rings is 1. The fraction of sp³-hybridized carbons (Fsp3) is 0.462. The molecule has 0 aliphatic rings. The third-order valence-electron chi connectivity index (χ3n) is 2.73. The molecular weight excluding hydrogens is 314 g/mol. The quantitative estimate of drug-likeness (QED) is 0.624. The van der Waals surface area contributed by atoms with Gasteiger partial charge in [-0.2, -0.15) is 0 Å². The number of rotatable bonds is 8. The summed E-state index contributed by atoms with van der Waals surface area (Å²) in [6, 6.07) is 6.53. The highest BCUT2D eigenvalue weighted by Crippen LogP contribution is 2.16. The standard InChI is InChI=1S/C13H21N3O3S.ClH/c1-2-20(18,19)16-12-8-4-3-7-11(12)13(17)15-10-6-5-9-14;/h3-4,7-8,16H,2,5-6,9-10,14H2,1H3,(H,15,17);1H. The second-order valence-corrected chi connectivity index (χ2v) is 6.31. The first-order valence-electron chi connectivity index (χ1n) is 6.58. The van der Waals surface area contributed by atoms with Crippen LogP contribution in [0, 0.1) is 0 Å². The number of nitrogens with two attached hydrogens (primary N) is 1. The summed E-state index contributed by atoms with van der Waals surface area (Å²) in [5.41, 5.74) is 5.99. The van der Waals surface area contributed by atoms with Crippen molar-refractivity contribution in [3.63, 3.8) is 0 Å². The van der Waals surface area contributed by atoms with Gasteiger partial charge in [-0.1, -0.05) is 12.1 Å². The Kier molecular flexibility index (Phi) is 9.00. The first kappa shape index (κ1) is 19.7. The normalized spacial score (nSPS) is 10.6. The SMILES string of the molecule is CCS(=O)(=O)Nc1ccccc1C(=O)NCCCCN.Cl. The highest BCUT2D eigenvalue weighted by atomic mass is 35.5. The first-order chi connectivity index (χ1) is 9.50. The zero-order valence-electron chi connectivity index (χ0n) is 12.0. The van der Waals surface area contributed by atoms with E-state index in [0.717, 1.165) is 12.8 Å². The molecule has 0 fully saturated rings. The Morgan fingerprint density at radius 2 is 1.90 bits per heavy atom. The number of amides is 1. The Labute approximate surface area is 132 Å². The summed E-state index contributed by atoms with van der Waals surface area (Å²) in [5, 5.41) is 2.75. The van der Waals surface area contributed by atoms with Crippen LogP contribution in [0.25, 0.3) is 0 Å². The van der Waals surface area contributed by atoms with Crippen molar-refractivity contribution < 1.29 is 13.2 Å². The monoisotopic (exact) mass is 335 g/mol. The van der Waals surface area contributed by atoms with Gasteiger partial charge in [-0.05, 0) is 38.4 Å². The largest absolute Gasteiger partial charge is 0.352 e. The molecule has 0 saturated carbocycles. The van der Waals surface area contributed by atoms with Crippen molar-refractivity contribution in [3.8, 4) is 0 Å². The molecule has 4 N–H and O–H groups in total. The van der Waals surface area contributed by atoms with Crippen LogP contribution in [0.2, 0.25) is 0 Å². The molecule has 1 amide bonds. The van der Waals surface area contributed by atoms with E-state index < -0.39 is 10.0 Å². The molecule has 0 bridgehead atoms. The van der Waals surface area contributed by atoms with E-state index in [4.69, 9.17) is 5.73 Å². The lowest BCUT2D eigenvalue weighted by molar-refractivity contribution is 0.0954. The van der Waals surface area contributed by atoms with Crippen LogP contribution in [0.1, 0.15) is 30.1 Å². The average Bonchev–Trinajstić information content (AvgIpc) is 2.43. The van der Waals surface area contributed by atoms with Crippen molar-refractivity contribution in [2.45, 2.75) is 19.8 Å². The van der Waals surface area contributed by atoms with Crippen LogP contribution in [-0.4, -0.2) is 33.2 Å². The van der Waals surface area contributed by atoms with Gasteiger partial charge in [-0.15, -0.1) is 12.4 Å². The molecule has 0 heterocycles. The Hall–Kier alpha value is -1.31. The van der Waals surface area contributed by atoms with E-state index in [1.165, 1.54) is 6.92 Å². The Morgan fingerprint density at radius 1 is 1.24 bits per heavy atom. The molecule has 0 aliphatic carbocycles. The van der Waals surface area contributed by atoms with Gasteiger partial charge in [0, 0.05) is 6.54 Å². The molecule has 0 saturated heterocycles. The predicted molar refractivity (Wildman–Crippen MR) is 87.4 cm³/mol. The van der Waals surface area contributed by atoms with Crippen molar-refractivity contribution in [2.75, 3.05) is 23.6 Å². The maximum atomic E-state index is 12.0. The van der Waals surface area contributed by atoms with Crippen molar-refractivity contribution in [2.24, 2.45) is 5.73 Å². The summed E-state index contributed by atoms with van der Waals surface area (Å²) in [7, 11) is -3.40.